The minimum atomic E-state index is -0.219. The topological polar surface area (TPSA) is 35.6 Å². The van der Waals surface area contributed by atoms with Crippen LogP contribution in [0.4, 0.5) is 10.1 Å². The molecule has 1 saturated heterocycles. The van der Waals surface area contributed by atoms with Crippen molar-refractivity contribution in [2.24, 2.45) is 5.92 Å². The van der Waals surface area contributed by atoms with Crippen molar-refractivity contribution in [3.63, 3.8) is 0 Å². The summed E-state index contributed by atoms with van der Waals surface area (Å²) in [6.45, 7) is 8.55. The number of carbonyl (C=O) groups is 1. The Kier molecular flexibility index (Phi) is 5.56. The summed E-state index contributed by atoms with van der Waals surface area (Å²) in [6.07, 6.45) is 0. The van der Waals surface area contributed by atoms with E-state index in [-0.39, 0.29) is 11.7 Å². The number of nitrogens with zero attached hydrogens (tertiary/aromatic N) is 2. The fourth-order valence-electron chi connectivity index (χ4n) is 2.45. The molecule has 1 aromatic rings. The Morgan fingerprint density at radius 2 is 1.81 bits per heavy atom. The Balaban J connectivity index is 1.77. The van der Waals surface area contributed by atoms with Gasteiger partial charge in [0.2, 0.25) is 5.91 Å². The molecule has 1 aromatic carbocycles. The molecule has 1 aliphatic heterocycles. The molecule has 0 aromatic heterocycles. The number of rotatable bonds is 5. The third-order valence-electron chi connectivity index (χ3n) is 3.65. The maximum Gasteiger partial charge on any atom is 0.236 e. The first kappa shape index (κ1) is 15.8. The van der Waals surface area contributed by atoms with Crippen LogP contribution in [0.2, 0.25) is 0 Å². The summed E-state index contributed by atoms with van der Waals surface area (Å²) >= 11 is 0. The molecule has 21 heavy (non-hydrogen) atoms. The molecule has 1 aliphatic rings. The van der Waals surface area contributed by atoms with Crippen LogP contribution in [0.3, 0.4) is 0 Å². The lowest BCUT2D eigenvalue weighted by molar-refractivity contribution is -0.130. The molecule has 0 spiro atoms. The summed E-state index contributed by atoms with van der Waals surface area (Å²) in [6, 6.07) is 6.53. The van der Waals surface area contributed by atoms with Gasteiger partial charge in [-0.2, -0.15) is 0 Å². The maximum atomic E-state index is 12.9. The Labute approximate surface area is 125 Å². The molecule has 0 radical (unpaired) electrons. The summed E-state index contributed by atoms with van der Waals surface area (Å²) < 4.78 is 12.9. The summed E-state index contributed by atoms with van der Waals surface area (Å²) in [5, 5.41) is 3.18. The number of anilines is 1. The van der Waals surface area contributed by atoms with Crippen molar-refractivity contribution < 1.29 is 9.18 Å². The quantitative estimate of drug-likeness (QED) is 0.898. The number of hydrogen-bond donors (Lipinski definition) is 1. The second-order valence-corrected chi connectivity index (χ2v) is 5.87. The third kappa shape index (κ3) is 4.70. The molecular weight excluding hydrogens is 269 g/mol. The van der Waals surface area contributed by atoms with Crippen molar-refractivity contribution in [3.8, 4) is 0 Å². The van der Waals surface area contributed by atoms with Crippen LogP contribution in [-0.2, 0) is 4.79 Å². The predicted octanol–water partition coefficient (Wildman–Crippen LogP) is 1.72. The molecular formula is C16H24FN3O. The largest absolute Gasteiger partial charge is 0.368 e. The lowest BCUT2D eigenvalue weighted by atomic mass is 10.2. The van der Waals surface area contributed by atoms with E-state index in [9.17, 15) is 9.18 Å². The highest BCUT2D eigenvalue weighted by molar-refractivity contribution is 5.78. The number of hydrogen-bond acceptors (Lipinski definition) is 3. The van der Waals surface area contributed by atoms with Gasteiger partial charge in [-0.05, 0) is 36.7 Å². The van der Waals surface area contributed by atoms with Gasteiger partial charge in [-0.3, -0.25) is 4.79 Å². The van der Waals surface area contributed by atoms with Crippen molar-refractivity contribution in [1.29, 1.82) is 0 Å². The molecule has 116 valence electrons. The smallest absolute Gasteiger partial charge is 0.236 e. The first-order valence-electron chi connectivity index (χ1n) is 7.55. The van der Waals surface area contributed by atoms with E-state index in [1.54, 1.807) is 12.1 Å². The average Bonchev–Trinajstić information content (AvgIpc) is 2.48. The van der Waals surface area contributed by atoms with Crippen LogP contribution < -0.4 is 10.2 Å². The van der Waals surface area contributed by atoms with Crippen LogP contribution >= 0.6 is 0 Å². The summed E-state index contributed by atoms with van der Waals surface area (Å²) in [5.74, 6) is 0.492. The van der Waals surface area contributed by atoms with E-state index in [2.05, 4.69) is 24.1 Å². The van der Waals surface area contributed by atoms with Crippen molar-refractivity contribution in [2.75, 3.05) is 44.2 Å². The molecule has 0 unspecified atom stereocenters. The highest BCUT2D eigenvalue weighted by atomic mass is 19.1. The Morgan fingerprint density at radius 1 is 1.19 bits per heavy atom. The lowest BCUT2D eigenvalue weighted by Gasteiger charge is -2.36. The predicted molar refractivity (Wildman–Crippen MR) is 82.9 cm³/mol. The van der Waals surface area contributed by atoms with Gasteiger partial charge in [0.1, 0.15) is 5.82 Å². The van der Waals surface area contributed by atoms with Crippen molar-refractivity contribution in [1.82, 2.24) is 10.2 Å². The zero-order valence-corrected chi connectivity index (χ0v) is 12.8. The number of carbonyl (C=O) groups excluding carboxylic acids is 1. The normalized spacial score (nSPS) is 15.6. The van der Waals surface area contributed by atoms with Crippen LogP contribution in [0.15, 0.2) is 24.3 Å². The zero-order chi connectivity index (χ0) is 15.2. The molecule has 0 bridgehead atoms. The second-order valence-electron chi connectivity index (χ2n) is 5.87. The zero-order valence-electron chi connectivity index (χ0n) is 12.8. The fraction of sp³-hybridized carbons (Fsp3) is 0.562. The van der Waals surface area contributed by atoms with Gasteiger partial charge >= 0.3 is 0 Å². The molecule has 5 heteroatoms. The van der Waals surface area contributed by atoms with E-state index in [4.69, 9.17) is 0 Å². The molecule has 0 atom stereocenters. The number of nitrogens with one attached hydrogen (secondary N) is 1. The van der Waals surface area contributed by atoms with E-state index in [0.29, 0.717) is 12.5 Å². The van der Waals surface area contributed by atoms with Crippen LogP contribution in [0.25, 0.3) is 0 Å². The molecule has 1 N–H and O–H groups in total. The van der Waals surface area contributed by atoms with Gasteiger partial charge in [0.05, 0.1) is 6.54 Å². The van der Waals surface area contributed by atoms with Gasteiger partial charge in [-0.15, -0.1) is 0 Å². The summed E-state index contributed by atoms with van der Waals surface area (Å²) in [7, 11) is 0. The van der Waals surface area contributed by atoms with Gasteiger partial charge in [-0.25, -0.2) is 4.39 Å². The maximum absolute atomic E-state index is 12.9. The van der Waals surface area contributed by atoms with Crippen molar-refractivity contribution >= 4 is 11.6 Å². The standard InChI is InChI=1S/C16H24FN3O/c1-13(2)11-18-12-16(21)20-9-7-19(8-10-20)15-5-3-14(17)4-6-15/h3-6,13,18H,7-12H2,1-2H3. The second kappa shape index (κ2) is 7.41. The van der Waals surface area contributed by atoms with Crippen LogP contribution in [0.5, 0.6) is 0 Å². The van der Waals surface area contributed by atoms with E-state index in [1.165, 1.54) is 12.1 Å². The molecule has 1 heterocycles. The Bertz CT molecular complexity index is 453. The SMILES string of the molecule is CC(C)CNCC(=O)N1CCN(c2ccc(F)cc2)CC1. The molecule has 1 amide bonds. The van der Waals surface area contributed by atoms with Gasteiger partial charge in [0.15, 0.2) is 0 Å². The first-order valence-corrected chi connectivity index (χ1v) is 7.55. The fourth-order valence-corrected chi connectivity index (χ4v) is 2.45. The lowest BCUT2D eigenvalue weighted by Crippen LogP contribution is -2.51. The van der Waals surface area contributed by atoms with E-state index in [0.717, 1.165) is 38.4 Å². The monoisotopic (exact) mass is 293 g/mol. The highest BCUT2D eigenvalue weighted by Crippen LogP contribution is 2.16. The van der Waals surface area contributed by atoms with Crippen molar-refractivity contribution in [2.45, 2.75) is 13.8 Å². The molecule has 0 saturated carbocycles. The average molecular weight is 293 g/mol. The molecule has 4 nitrogen and oxygen atoms in total. The van der Waals surface area contributed by atoms with Crippen LogP contribution in [0, 0.1) is 11.7 Å². The van der Waals surface area contributed by atoms with E-state index in [1.807, 2.05) is 4.90 Å². The summed E-state index contributed by atoms with van der Waals surface area (Å²) in [4.78, 5) is 16.1. The van der Waals surface area contributed by atoms with Gasteiger partial charge in [0.25, 0.3) is 0 Å². The van der Waals surface area contributed by atoms with Crippen molar-refractivity contribution in [3.05, 3.63) is 30.1 Å². The molecule has 0 aliphatic carbocycles. The molecule has 1 fully saturated rings. The number of piperazine rings is 1. The van der Waals surface area contributed by atoms with Gasteiger partial charge in [-0.1, -0.05) is 13.8 Å². The van der Waals surface area contributed by atoms with Gasteiger partial charge in [0, 0.05) is 31.9 Å². The number of amides is 1. The molecule has 2 rings (SSSR count). The third-order valence-corrected chi connectivity index (χ3v) is 3.65. The minimum absolute atomic E-state index is 0.161. The van der Waals surface area contributed by atoms with Gasteiger partial charge < -0.3 is 15.1 Å². The summed E-state index contributed by atoms with van der Waals surface area (Å²) in [5.41, 5.74) is 1.02. The van der Waals surface area contributed by atoms with Crippen LogP contribution in [-0.4, -0.2) is 50.1 Å². The number of benzene rings is 1. The van der Waals surface area contributed by atoms with E-state index < -0.39 is 0 Å². The highest BCUT2D eigenvalue weighted by Gasteiger charge is 2.20. The van der Waals surface area contributed by atoms with Crippen LogP contribution in [0.1, 0.15) is 13.8 Å². The first-order chi connectivity index (χ1) is 10.1. The van der Waals surface area contributed by atoms with E-state index >= 15 is 0 Å². The number of halogens is 1. The Hall–Kier alpha value is -1.62. The minimum Gasteiger partial charge on any atom is -0.368 e. The Morgan fingerprint density at radius 3 is 2.38 bits per heavy atom.